The van der Waals surface area contributed by atoms with Gasteiger partial charge < -0.3 is 10.1 Å². The quantitative estimate of drug-likeness (QED) is 0.866. The molecular weight excluding hydrogens is 234 g/mol. The first kappa shape index (κ1) is 13.5. The Bertz CT molecular complexity index is 561. The molecule has 19 heavy (non-hydrogen) atoms. The van der Waals surface area contributed by atoms with Crippen molar-refractivity contribution in [2.24, 2.45) is 0 Å². The van der Waals surface area contributed by atoms with Gasteiger partial charge in [-0.1, -0.05) is 32.0 Å². The van der Waals surface area contributed by atoms with Crippen LogP contribution in [-0.4, -0.2) is 14.2 Å². The Morgan fingerprint density at radius 1 is 1.00 bits per heavy atom. The fourth-order valence-corrected chi connectivity index (χ4v) is 2.22. The minimum absolute atomic E-state index is 0.447. The number of methoxy groups -OCH3 is 1. The molecule has 2 nitrogen and oxygen atoms in total. The highest BCUT2D eigenvalue weighted by Crippen LogP contribution is 2.32. The highest BCUT2D eigenvalue weighted by molar-refractivity contribution is 5.69. The van der Waals surface area contributed by atoms with Gasteiger partial charge in [0.2, 0.25) is 0 Å². The normalized spacial score (nSPS) is 10.6. The Morgan fingerprint density at radius 3 is 2.37 bits per heavy atom. The van der Waals surface area contributed by atoms with Crippen LogP contribution in [0.3, 0.4) is 0 Å². The molecule has 0 saturated carbocycles. The maximum absolute atomic E-state index is 5.43. The predicted octanol–water partition coefficient (Wildman–Crippen LogP) is 4.53. The zero-order valence-electron chi connectivity index (χ0n) is 12.0. The van der Waals surface area contributed by atoms with Gasteiger partial charge in [0, 0.05) is 12.7 Å². The van der Waals surface area contributed by atoms with Crippen LogP contribution in [0, 0.1) is 0 Å². The zero-order chi connectivity index (χ0) is 13.8. The van der Waals surface area contributed by atoms with Crippen molar-refractivity contribution in [3.8, 4) is 16.9 Å². The van der Waals surface area contributed by atoms with E-state index in [4.69, 9.17) is 4.74 Å². The standard InChI is InChI=1S/C17H21NO/c1-12(2)16-11-14(8-9-17(16)19-4)13-6-5-7-15(10-13)18-3/h5-12,18H,1-4H3. The molecule has 2 aromatic rings. The summed E-state index contributed by atoms with van der Waals surface area (Å²) in [5.41, 5.74) is 4.81. The first-order valence-corrected chi connectivity index (χ1v) is 6.62. The van der Waals surface area contributed by atoms with Crippen LogP contribution < -0.4 is 10.1 Å². The molecule has 2 aromatic carbocycles. The minimum atomic E-state index is 0.447. The third-order valence-electron chi connectivity index (χ3n) is 3.34. The van der Waals surface area contributed by atoms with Crippen LogP contribution >= 0.6 is 0 Å². The van der Waals surface area contributed by atoms with E-state index in [9.17, 15) is 0 Å². The lowest BCUT2D eigenvalue weighted by Crippen LogP contribution is -1.95. The van der Waals surface area contributed by atoms with Crippen molar-refractivity contribution in [3.05, 3.63) is 48.0 Å². The summed E-state index contributed by atoms with van der Waals surface area (Å²) >= 11 is 0. The Kier molecular flexibility index (Phi) is 4.10. The second-order valence-corrected chi connectivity index (χ2v) is 4.94. The van der Waals surface area contributed by atoms with Gasteiger partial charge >= 0.3 is 0 Å². The van der Waals surface area contributed by atoms with Gasteiger partial charge in [0.05, 0.1) is 7.11 Å². The summed E-state index contributed by atoms with van der Waals surface area (Å²) in [5.74, 6) is 1.41. The molecule has 0 saturated heterocycles. The van der Waals surface area contributed by atoms with Crippen LogP contribution in [0.1, 0.15) is 25.3 Å². The maximum atomic E-state index is 5.43. The summed E-state index contributed by atoms with van der Waals surface area (Å²) in [6.45, 7) is 4.37. The molecule has 0 radical (unpaired) electrons. The molecule has 0 aliphatic heterocycles. The fraction of sp³-hybridized carbons (Fsp3) is 0.294. The van der Waals surface area contributed by atoms with Crippen molar-refractivity contribution in [2.75, 3.05) is 19.5 Å². The molecule has 0 atom stereocenters. The van der Waals surface area contributed by atoms with Crippen LogP contribution in [0.5, 0.6) is 5.75 Å². The van der Waals surface area contributed by atoms with Crippen molar-refractivity contribution in [2.45, 2.75) is 19.8 Å². The van der Waals surface area contributed by atoms with E-state index in [1.165, 1.54) is 16.7 Å². The second-order valence-electron chi connectivity index (χ2n) is 4.94. The average Bonchev–Trinajstić information content (AvgIpc) is 2.46. The number of ether oxygens (including phenoxy) is 1. The van der Waals surface area contributed by atoms with E-state index in [2.05, 4.69) is 61.6 Å². The van der Waals surface area contributed by atoms with Crippen LogP contribution in [-0.2, 0) is 0 Å². The van der Waals surface area contributed by atoms with Crippen LogP contribution in [0.25, 0.3) is 11.1 Å². The first-order valence-electron chi connectivity index (χ1n) is 6.62. The number of anilines is 1. The van der Waals surface area contributed by atoms with Gasteiger partial charge in [0.25, 0.3) is 0 Å². The van der Waals surface area contributed by atoms with E-state index in [-0.39, 0.29) is 0 Å². The molecular formula is C17H21NO. The fourth-order valence-electron chi connectivity index (χ4n) is 2.22. The lowest BCUT2D eigenvalue weighted by atomic mass is 9.96. The number of rotatable bonds is 4. The largest absolute Gasteiger partial charge is 0.496 e. The van der Waals surface area contributed by atoms with Crippen molar-refractivity contribution in [1.82, 2.24) is 0 Å². The number of hydrogen-bond donors (Lipinski definition) is 1. The average molecular weight is 255 g/mol. The summed E-state index contributed by atoms with van der Waals surface area (Å²) < 4.78 is 5.43. The number of hydrogen-bond acceptors (Lipinski definition) is 2. The molecule has 0 bridgehead atoms. The molecule has 0 fully saturated rings. The summed E-state index contributed by atoms with van der Waals surface area (Å²) in [7, 11) is 3.66. The summed E-state index contributed by atoms with van der Waals surface area (Å²) in [6, 6.07) is 14.8. The van der Waals surface area contributed by atoms with Crippen LogP contribution in [0.2, 0.25) is 0 Å². The van der Waals surface area contributed by atoms with E-state index in [0.717, 1.165) is 11.4 Å². The van der Waals surface area contributed by atoms with Gasteiger partial charge in [0.15, 0.2) is 0 Å². The van der Waals surface area contributed by atoms with E-state index in [1.807, 2.05) is 7.05 Å². The number of benzene rings is 2. The predicted molar refractivity (Wildman–Crippen MR) is 82.1 cm³/mol. The molecule has 0 aliphatic rings. The third-order valence-corrected chi connectivity index (χ3v) is 3.34. The second kappa shape index (κ2) is 5.79. The summed E-state index contributed by atoms with van der Waals surface area (Å²) in [5, 5.41) is 3.17. The molecule has 0 unspecified atom stereocenters. The summed E-state index contributed by atoms with van der Waals surface area (Å²) in [6.07, 6.45) is 0. The highest BCUT2D eigenvalue weighted by Gasteiger charge is 2.09. The van der Waals surface area contributed by atoms with Gasteiger partial charge in [-0.2, -0.15) is 0 Å². The molecule has 100 valence electrons. The van der Waals surface area contributed by atoms with Gasteiger partial charge in [-0.25, -0.2) is 0 Å². The Hall–Kier alpha value is -1.96. The molecule has 1 N–H and O–H groups in total. The summed E-state index contributed by atoms with van der Waals surface area (Å²) in [4.78, 5) is 0. The van der Waals surface area contributed by atoms with Gasteiger partial charge in [-0.3, -0.25) is 0 Å². The Labute approximate surface area is 115 Å². The molecule has 0 aliphatic carbocycles. The topological polar surface area (TPSA) is 21.3 Å². The van der Waals surface area contributed by atoms with Crippen LogP contribution in [0.15, 0.2) is 42.5 Å². The molecule has 0 heterocycles. The van der Waals surface area contributed by atoms with E-state index < -0.39 is 0 Å². The van der Waals surface area contributed by atoms with Crippen molar-refractivity contribution in [1.29, 1.82) is 0 Å². The molecule has 0 amide bonds. The molecule has 2 heteroatoms. The SMILES string of the molecule is CNc1cccc(-c2ccc(OC)c(C(C)C)c2)c1. The van der Waals surface area contributed by atoms with Crippen molar-refractivity contribution in [3.63, 3.8) is 0 Å². The van der Waals surface area contributed by atoms with Gasteiger partial charge in [0.1, 0.15) is 5.75 Å². The van der Waals surface area contributed by atoms with Crippen molar-refractivity contribution < 1.29 is 4.74 Å². The van der Waals surface area contributed by atoms with E-state index in [0.29, 0.717) is 5.92 Å². The lowest BCUT2D eigenvalue weighted by Gasteiger charge is -2.14. The van der Waals surface area contributed by atoms with Gasteiger partial charge in [-0.05, 0) is 46.9 Å². The van der Waals surface area contributed by atoms with Crippen LogP contribution in [0.4, 0.5) is 5.69 Å². The minimum Gasteiger partial charge on any atom is -0.496 e. The molecule has 0 spiro atoms. The lowest BCUT2D eigenvalue weighted by molar-refractivity contribution is 0.407. The van der Waals surface area contributed by atoms with Crippen molar-refractivity contribution >= 4 is 5.69 Å². The smallest absolute Gasteiger partial charge is 0.122 e. The Balaban J connectivity index is 2.47. The maximum Gasteiger partial charge on any atom is 0.122 e. The van der Waals surface area contributed by atoms with Gasteiger partial charge in [-0.15, -0.1) is 0 Å². The first-order chi connectivity index (χ1) is 9.15. The monoisotopic (exact) mass is 255 g/mol. The molecule has 0 aromatic heterocycles. The molecule has 2 rings (SSSR count). The van der Waals surface area contributed by atoms with E-state index >= 15 is 0 Å². The highest BCUT2D eigenvalue weighted by atomic mass is 16.5. The number of nitrogens with one attached hydrogen (secondary N) is 1. The Morgan fingerprint density at radius 2 is 1.74 bits per heavy atom. The third kappa shape index (κ3) is 2.90. The zero-order valence-corrected chi connectivity index (χ0v) is 12.0. The van der Waals surface area contributed by atoms with E-state index in [1.54, 1.807) is 7.11 Å².